The third-order valence-electron chi connectivity index (χ3n) is 2.37. The van der Waals surface area contributed by atoms with E-state index >= 15 is 0 Å². The van der Waals surface area contributed by atoms with E-state index < -0.39 is 15.9 Å². The van der Waals surface area contributed by atoms with Crippen molar-refractivity contribution in [3.63, 3.8) is 0 Å². The molecule has 0 aliphatic rings. The largest absolute Gasteiger partial charge is 0.356 e. The van der Waals surface area contributed by atoms with Gasteiger partial charge in [-0.3, -0.25) is 4.18 Å². The lowest BCUT2D eigenvalue weighted by Crippen LogP contribution is -2.02. The minimum atomic E-state index is -3.55. The molecular weight excluding hydrogens is 273 g/mol. The number of halogens is 1. The Bertz CT molecular complexity index is 694. The Hall–Kier alpha value is -1.73. The number of hydrogen-bond donors (Lipinski definition) is 0. The summed E-state index contributed by atoms with van der Waals surface area (Å²) in [6, 6.07) is 6.04. The molecule has 0 aliphatic heterocycles. The molecule has 2 aromatic rings. The molecule has 1 aromatic carbocycles. The van der Waals surface area contributed by atoms with Crippen LogP contribution >= 0.6 is 0 Å². The van der Waals surface area contributed by atoms with Gasteiger partial charge in [0, 0.05) is 6.07 Å². The first-order chi connectivity index (χ1) is 8.85. The molecule has 0 saturated carbocycles. The third-order valence-corrected chi connectivity index (χ3v) is 2.91. The average molecular weight is 285 g/mol. The highest BCUT2D eigenvalue weighted by Gasteiger charge is 2.13. The molecule has 0 amide bonds. The third kappa shape index (κ3) is 3.62. The van der Waals surface area contributed by atoms with Crippen LogP contribution in [0.3, 0.4) is 0 Å². The van der Waals surface area contributed by atoms with Gasteiger partial charge in [-0.1, -0.05) is 16.8 Å². The van der Waals surface area contributed by atoms with Gasteiger partial charge >= 0.3 is 0 Å². The normalized spacial score (nSPS) is 11.7. The lowest BCUT2D eigenvalue weighted by atomic mass is 10.1. The summed E-state index contributed by atoms with van der Waals surface area (Å²) in [6.45, 7) is 1.59. The topological polar surface area (TPSA) is 69.4 Å². The van der Waals surface area contributed by atoms with Gasteiger partial charge in [-0.15, -0.1) is 0 Å². The molecule has 0 aliphatic carbocycles. The van der Waals surface area contributed by atoms with Gasteiger partial charge < -0.3 is 4.52 Å². The molecule has 0 spiro atoms. The van der Waals surface area contributed by atoms with E-state index in [2.05, 4.69) is 9.34 Å². The van der Waals surface area contributed by atoms with Crippen LogP contribution < -0.4 is 0 Å². The summed E-state index contributed by atoms with van der Waals surface area (Å²) in [5.41, 5.74) is 1.43. The van der Waals surface area contributed by atoms with E-state index in [0.717, 1.165) is 11.8 Å². The lowest BCUT2D eigenvalue weighted by molar-refractivity contribution is 0.296. The number of hydrogen-bond acceptors (Lipinski definition) is 5. The number of benzene rings is 1. The molecule has 5 nitrogen and oxygen atoms in total. The highest BCUT2D eigenvalue weighted by molar-refractivity contribution is 7.85. The van der Waals surface area contributed by atoms with Crippen LogP contribution in [0.25, 0.3) is 11.3 Å². The zero-order chi connectivity index (χ0) is 14.0. The maximum absolute atomic E-state index is 13.6. The standard InChI is InChI=1S/C12H12FNO4S/c1-8-3-4-11(13)10(5-8)12-6-9(14-18-12)7-17-19(2,15)16/h3-6H,7H2,1-2H3. The SMILES string of the molecule is Cc1ccc(F)c(-c2cc(COS(C)(=O)=O)no2)c1. The van der Waals surface area contributed by atoms with Gasteiger partial charge in [0.1, 0.15) is 18.1 Å². The first-order valence-corrected chi connectivity index (χ1v) is 7.23. The molecule has 7 heteroatoms. The first-order valence-electron chi connectivity index (χ1n) is 5.42. The Morgan fingerprint density at radius 1 is 1.37 bits per heavy atom. The van der Waals surface area contributed by atoms with Crippen LogP contribution in [-0.4, -0.2) is 19.8 Å². The summed E-state index contributed by atoms with van der Waals surface area (Å²) in [5, 5.41) is 3.64. The van der Waals surface area contributed by atoms with Gasteiger partial charge in [0.25, 0.3) is 10.1 Å². The van der Waals surface area contributed by atoms with Crippen LogP contribution in [0.1, 0.15) is 11.3 Å². The van der Waals surface area contributed by atoms with Crippen molar-refractivity contribution in [1.29, 1.82) is 0 Å². The Morgan fingerprint density at radius 3 is 2.79 bits per heavy atom. The van der Waals surface area contributed by atoms with Crippen molar-refractivity contribution in [2.24, 2.45) is 0 Å². The first kappa shape index (κ1) is 13.7. The number of rotatable bonds is 4. The molecule has 0 N–H and O–H groups in total. The van der Waals surface area contributed by atoms with E-state index in [1.54, 1.807) is 12.1 Å². The molecule has 102 valence electrons. The van der Waals surface area contributed by atoms with Gasteiger partial charge in [-0.2, -0.15) is 8.42 Å². The van der Waals surface area contributed by atoms with E-state index in [0.29, 0.717) is 0 Å². The van der Waals surface area contributed by atoms with Crippen LogP contribution in [0.2, 0.25) is 0 Å². The van der Waals surface area contributed by atoms with Crippen molar-refractivity contribution >= 4 is 10.1 Å². The van der Waals surface area contributed by atoms with Gasteiger partial charge in [0.05, 0.1) is 11.8 Å². The maximum Gasteiger partial charge on any atom is 0.264 e. The molecule has 1 heterocycles. The Balaban J connectivity index is 2.23. The zero-order valence-electron chi connectivity index (χ0n) is 10.4. The smallest absolute Gasteiger partial charge is 0.264 e. The predicted molar refractivity (Wildman–Crippen MR) is 66.3 cm³/mol. The van der Waals surface area contributed by atoms with Crippen molar-refractivity contribution in [1.82, 2.24) is 5.16 Å². The second-order valence-electron chi connectivity index (χ2n) is 4.13. The van der Waals surface area contributed by atoms with Gasteiger partial charge in [-0.05, 0) is 19.1 Å². The van der Waals surface area contributed by atoms with Gasteiger partial charge in [0.15, 0.2) is 5.76 Å². The minimum Gasteiger partial charge on any atom is -0.356 e. The lowest BCUT2D eigenvalue weighted by Gasteiger charge is -1.99. The number of aromatic nitrogens is 1. The van der Waals surface area contributed by atoms with Crippen LogP contribution in [-0.2, 0) is 20.9 Å². The molecule has 0 atom stereocenters. The molecule has 0 saturated heterocycles. The summed E-state index contributed by atoms with van der Waals surface area (Å²) in [6.07, 6.45) is 0.939. The number of aryl methyl sites for hydroxylation is 1. The molecule has 0 unspecified atom stereocenters. The molecule has 19 heavy (non-hydrogen) atoms. The molecule has 0 bridgehead atoms. The van der Waals surface area contributed by atoms with Gasteiger partial charge in [-0.25, -0.2) is 4.39 Å². The van der Waals surface area contributed by atoms with Crippen LogP contribution in [0.15, 0.2) is 28.8 Å². The van der Waals surface area contributed by atoms with Crippen LogP contribution in [0, 0.1) is 12.7 Å². The second-order valence-corrected chi connectivity index (χ2v) is 5.78. The van der Waals surface area contributed by atoms with Crippen LogP contribution in [0.4, 0.5) is 4.39 Å². The fraction of sp³-hybridized carbons (Fsp3) is 0.250. The van der Waals surface area contributed by atoms with E-state index in [4.69, 9.17) is 4.52 Å². The number of nitrogens with zero attached hydrogens (tertiary/aromatic N) is 1. The Labute approximate surface area is 110 Å². The summed E-state index contributed by atoms with van der Waals surface area (Å²) < 4.78 is 44.9. The summed E-state index contributed by atoms with van der Waals surface area (Å²) in [4.78, 5) is 0. The highest BCUT2D eigenvalue weighted by Crippen LogP contribution is 2.24. The molecular formula is C12H12FNO4S. The maximum atomic E-state index is 13.6. The van der Waals surface area contributed by atoms with Crippen molar-refractivity contribution in [2.75, 3.05) is 6.26 Å². The van der Waals surface area contributed by atoms with Crippen LogP contribution in [0.5, 0.6) is 0 Å². The van der Waals surface area contributed by atoms with E-state index in [-0.39, 0.29) is 23.6 Å². The monoisotopic (exact) mass is 285 g/mol. The van der Waals surface area contributed by atoms with Crippen molar-refractivity contribution in [3.05, 3.63) is 41.3 Å². The Morgan fingerprint density at radius 2 is 2.11 bits per heavy atom. The average Bonchev–Trinajstić information content (AvgIpc) is 2.77. The summed E-state index contributed by atoms with van der Waals surface area (Å²) >= 11 is 0. The summed E-state index contributed by atoms with van der Waals surface area (Å²) in [5.74, 6) is -0.203. The molecule has 2 rings (SSSR count). The second kappa shape index (κ2) is 5.10. The van der Waals surface area contributed by atoms with Crippen molar-refractivity contribution in [2.45, 2.75) is 13.5 Å². The predicted octanol–water partition coefficient (Wildman–Crippen LogP) is 2.27. The van der Waals surface area contributed by atoms with E-state index in [9.17, 15) is 12.8 Å². The zero-order valence-corrected chi connectivity index (χ0v) is 11.2. The van der Waals surface area contributed by atoms with E-state index in [1.807, 2.05) is 6.92 Å². The molecule has 0 fully saturated rings. The highest BCUT2D eigenvalue weighted by atomic mass is 32.2. The minimum absolute atomic E-state index is 0.230. The van der Waals surface area contributed by atoms with Crippen molar-refractivity contribution < 1.29 is 21.5 Å². The fourth-order valence-corrected chi connectivity index (χ4v) is 1.84. The quantitative estimate of drug-likeness (QED) is 0.806. The summed E-state index contributed by atoms with van der Waals surface area (Å²) in [7, 11) is -3.55. The molecule has 1 aromatic heterocycles. The van der Waals surface area contributed by atoms with Crippen molar-refractivity contribution in [3.8, 4) is 11.3 Å². The molecule has 0 radical (unpaired) electrons. The van der Waals surface area contributed by atoms with Gasteiger partial charge in [0.2, 0.25) is 0 Å². The van der Waals surface area contributed by atoms with E-state index in [1.165, 1.54) is 12.1 Å². The fourth-order valence-electron chi connectivity index (χ4n) is 1.50. The Kier molecular flexibility index (Phi) is 3.68.